The number of nitrogens with one attached hydrogen (secondary N) is 1. The number of benzene rings is 2. The molecule has 0 bridgehead atoms. The molecular formula is C20H19N5OS3. The van der Waals surface area contributed by atoms with E-state index in [2.05, 4.69) is 26.6 Å². The van der Waals surface area contributed by atoms with Gasteiger partial charge in [-0.25, -0.2) is 4.98 Å². The first kappa shape index (κ1) is 19.9. The second-order valence-electron chi connectivity index (χ2n) is 6.24. The zero-order valence-electron chi connectivity index (χ0n) is 15.7. The van der Waals surface area contributed by atoms with Crippen molar-refractivity contribution in [3.63, 3.8) is 0 Å². The third-order valence-corrected chi connectivity index (χ3v) is 7.38. The second kappa shape index (κ2) is 9.43. The number of aromatic nitrogens is 4. The molecule has 2 heterocycles. The van der Waals surface area contributed by atoms with Crippen LogP contribution in [0.15, 0.2) is 64.1 Å². The lowest BCUT2D eigenvalue weighted by Gasteiger charge is -2.05. The van der Waals surface area contributed by atoms with Crippen LogP contribution in [-0.2, 0) is 24.1 Å². The minimum absolute atomic E-state index is 0.0211. The molecule has 0 saturated carbocycles. The first-order chi connectivity index (χ1) is 14.2. The first-order valence-corrected chi connectivity index (χ1v) is 11.8. The lowest BCUT2D eigenvalue weighted by molar-refractivity contribution is -0.118. The summed E-state index contributed by atoms with van der Waals surface area (Å²) in [4.78, 5) is 16.7. The highest BCUT2D eigenvalue weighted by Crippen LogP contribution is 2.31. The van der Waals surface area contributed by atoms with Crippen molar-refractivity contribution in [1.29, 1.82) is 0 Å². The number of nitrogens with zero attached hydrogens (tertiary/aromatic N) is 4. The van der Waals surface area contributed by atoms with Gasteiger partial charge >= 0.3 is 0 Å². The average Bonchev–Trinajstić information content (AvgIpc) is 3.32. The van der Waals surface area contributed by atoms with Crippen molar-refractivity contribution in [3.05, 3.63) is 66.0 Å². The van der Waals surface area contributed by atoms with Gasteiger partial charge in [-0.2, -0.15) is 0 Å². The SMILES string of the molecule is Cn1c(CSc2nc3ccccc3s2)nnc1SCC(=O)NCc1ccccc1. The maximum Gasteiger partial charge on any atom is 0.230 e. The number of hydrogen-bond donors (Lipinski definition) is 1. The number of para-hydroxylation sites is 1. The van der Waals surface area contributed by atoms with Crippen molar-refractivity contribution in [2.75, 3.05) is 5.75 Å². The smallest absolute Gasteiger partial charge is 0.230 e. The molecule has 0 fully saturated rings. The highest BCUT2D eigenvalue weighted by Gasteiger charge is 2.13. The van der Waals surface area contributed by atoms with Crippen LogP contribution >= 0.6 is 34.9 Å². The fraction of sp³-hybridized carbons (Fsp3) is 0.200. The number of hydrogen-bond acceptors (Lipinski definition) is 7. The van der Waals surface area contributed by atoms with Gasteiger partial charge in [-0.1, -0.05) is 66.0 Å². The Bertz CT molecular complexity index is 1080. The summed E-state index contributed by atoms with van der Waals surface area (Å²) in [5.74, 6) is 1.84. The van der Waals surface area contributed by atoms with E-state index in [-0.39, 0.29) is 5.91 Å². The molecule has 29 heavy (non-hydrogen) atoms. The molecule has 4 aromatic rings. The largest absolute Gasteiger partial charge is 0.351 e. The quantitative estimate of drug-likeness (QED) is 0.415. The minimum Gasteiger partial charge on any atom is -0.351 e. The average molecular weight is 442 g/mol. The van der Waals surface area contributed by atoms with Crippen molar-refractivity contribution in [1.82, 2.24) is 25.1 Å². The Labute approximate surface area is 181 Å². The van der Waals surface area contributed by atoms with Crippen molar-refractivity contribution < 1.29 is 4.79 Å². The maximum atomic E-state index is 12.1. The Kier molecular flexibility index (Phi) is 6.48. The molecule has 9 heteroatoms. The molecule has 0 aliphatic carbocycles. The van der Waals surface area contributed by atoms with Gasteiger partial charge in [0.25, 0.3) is 0 Å². The van der Waals surface area contributed by atoms with Crippen LogP contribution in [0.4, 0.5) is 0 Å². The van der Waals surface area contributed by atoms with E-state index in [4.69, 9.17) is 0 Å². The summed E-state index contributed by atoms with van der Waals surface area (Å²) in [6.07, 6.45) is 0. The molecule has 0 aliphatic rings. The van der Waals surface area contributed by atoms with Crippen LogP contribution in [0.3, 0.4) is 0 Å². The van der Waals surface area contributed by atoms with Crippen LogP contribution < -0.4 is 5.32 Å². The van der Waals surface area contributed by atoms with E-state index in [9.17, 15) is 4.79 Å². The maximum absolute atomic E-state index is 12.1. The Morgan fingerprint density at radius 2 is 1.86 bits per heavy atom. The monoisotopic (exact) mass is 441 g/mol. The summed E-state index contributed by atoms with van der Waals surface area (Å²) in [5.41, 5.74) is 2.11. The summed E-state index contributed by atoms with van der Waals surface area (Å²) >= 11 is 4.73. The van der Waals surface area contributed by atoms with E-state index in [0.717, 1.165) is 26.4 Å². The zero-order chi connectivity index (χ0) is 20.1. The van der Waals surface area contributed by atoms with Crippen LogP contribution in [0.2, 0.25) is 0 Å². The Balaban J connectivity index is 1.28. The molecule has 1 amide bonds. The number of carbonyl (C=O) groups excluding carboxylic acids is 1. The topological polar surface area (TPSA) is 72.7 Å². The summed E-state index contributed by atoms with van der Waals surface area (Å²) < 4.78 is 4.14. The molecule has 2 aromatic carbocycles. The Morgan fingerprint density at radius 3 is 2.69 bits per heavy atom. The van der Waals surface area contributed by atoms with Crippen LogP contribution in [0, 0.1) is 0 Å². The van der Waals surface area contributed by atoms with E-state index >= 15 is 0 Å². The van der Waals surface area contributed by atoms with Crippen molar-refractivity contribution in [3.8, 4) is 0 Å². The predicted octanol–water partition coefficient (Wildman–Crippen LogP) is 4.13. The zero-order valence-corrected chi connectivity index (χ0v) is 18.2. The fourth-order valence-corrected chi connectivity index (χ4v) is 5.42. The van der Waals surface area contributed by atoms with E-state index in [1.165, 1.54) is 16.5 Å². The predicted molar refractivity (Wildman–Crippen MR) is 119 cm³/mol. The lowest BCUT2D eigenvalue weighted by Crippen LogP contribution is -2.24. The van der Waals surface area contributed by atoms with Crippen LogP contribution in [-0.4, -0.2) is 31.4 Å². The van der Waals surface area contributed by atoms with Gasteiger partial charge in [-0.15, -0.1) is 21.5 Å². The van der Waals surface area contributed by atoms with Crippen molar-refractivity contribution in [2.45, 2.75) is 21.8 Å². The molecule has 0 unspecified atom stereocenters. The normalized spacial score (nSPS) is 11.1. The fourth-order valence-electron chi connectivity index (χ4n) is 2.61. The van der Waals surface area contributed by atoms with Gasteiger partial charge in [0.05, 0.1) is 21.7 Å². The second-order valence-corrected chi connectivity index (χ2v) is 9.44. The number of thiazole rings is 1. The molecule has 2 aromatic heterocycles. The highest BCUT2D eigenvalue weighted by atomic mass is 32.2. The number of thioether (sulfide) groups is 2. The number of amides is 1. The summed E-state index contributed by atoms with van der Waals surface area (Å²) in [6, 6.07) is 18.0. The van der Waals surface area contributed by atoms with Crippen LogP contribution in [0.25, 0.3) is 10.2 Å². The summed E-state index contributed by atoms with van der Waals surface area (Å²) in [5, 5.41) is 12.2. The highest BCUT2D eigenvalue weighted by molar-refractivity contribution is 8.00. The number of carbonyl (C=O) groups is 1. The third-order valence-electron chi connectivity index (χ3n) is 4.19. The van der Waals surface area contributed by atoms with Gasteiger partial charge in [0.15, 0.2) is 9.50 Å². The molecule has 0 spiro atoms. The Morgan fingerprint density at radius 1 is 1.07 bits per heavy atom. The van der Waals surface area contributed by atoms with E-state index in [1.54, 1.807) is 23.1 Å². The number of fused-ring (bicyclic) bond motifs is 1. The van der Waals surface area contributed by atoms with Crippen molar-refractivity contribution in [2.24, 2.45) is 7.05 Å². The van der Waals surface area contributed by atoms with Gasteiger partial charge in [-0.05, 0) is 17.7 Å². The molecule has 0 atom stereocenters. The van der Waals surface area contributed by atoms with Crippen LogP contribution in [0.5, 0.6) is 0 Å². The number of rotatable bonds is 8. The minimum atomic E-state index is -0.0211. The summed E-state index contributed by atoms with van der Waals surface area (Å²) in [7, 11) is 1.93. The molecule has 6 nitrogen and oxygen atoms in total. The molecule has 1 N–H and O–H groups in total. The first-order valence-electron chi connectivity index (χ1n) is 8.99. The van der Waals surface area contributed by atoms with Gasteiger partial charge in [-0.3, -0.25) is 4.79 Å². The molecular weight excluding hydrogens is 422 g/mol. The van der Waals surface area contributed by atoms with E-state index < -0.39 is 0 Å². The lowest BCUT2D eigenvalue weighted by atomic mass is 10.2. The molecule has 0 radical (unpaired) electrons. The van der Waals surface area contributed by atoms with Gasteiger partial charge < -0.3 is 9.88 Å². The van der Waals surface area contributed by atoms with Gasteiger partial charge in [0, 0.05) is 13.6 Å². The van der Waals surface area contributed by atoms with Crippen LogP contribution in [0.1, 0.15) is 11.4 Å². The van der Waals surface area contributed by atoms with Gasteiger partial charge in [0.2, 0.25) is 5.91 Å². The summed E-state index contributed by atoms with van der Waals surface area (Å²) in [6.45, 7) is 0.531. The van der Waals surface area contributed by atoms with Gasteiger partial charge in [0.1, 0.15) is 5.82 Å². The molecule has 148 valence electrons. The molecule has 4 rings (SSSR count). The van der Waals surface area contributed by atoms with E-state index in [0.29, 0.717) is 18.1 Å². The van der Waals surface area contributed by atoms with E-state index in [1.807, 2.05) is 60.1 Å². The molecule has 0 aliphatic heterocycles. The standard InChI is InChI=1S/C20H19N5OS3/c1-25-17(12-28-20-22-15-9-5-6-10-16(15)29-20)23-24-19(25)27-13-18(26)21-11-14-7-3-2-4-8-14/h2-10H,11-13H2,1H3,(H,21,26). The Hall–Kier alpha value is -2.36. The third kappa shape index (κ3) is 5.17. The molecule has 0 saturated heterocycles. The van der Waals surface area contributed by atoms with Crippen molar-refractivity contribution >= 4 is 51.0 Å².